The summed E-state index contributed by atoms with van der Waals surface area (Å²) in [6.45, 7) is 0. The Morgan fingerprint density at radius 2 is 1.47 bits per heavy atom. The Bertz CT molecular complexity index is 1370. The molecule has 5 nitrogen and oxygen atoms in total. The molecule has 8 heteroatoms. The fourth-order valence-corrected chi connectivity index (χ4v) is 3.44. The van der Waals surface area contributed by atoms with E-state index in [1.165, 1.54) is 36.5 Å². The molecule has 0 bridgehead atoms. The zero-order valence-electron chi connectivity index (χ0n) is 17.5. The number of hydrogen-bond acceptors (Lipinski definition) is 3. The van der Waals surface area contributed by atoms with Crippen molar-refractivity contribution in [2.45, 2.75) is 6.18 Å². The number of alkyl halides is 3. The summed E-state index contributed by atoms with van der Waals surface area (Å²) in [5, 5.41) is 12.1. The summed E-state index contributed by atoms with van der Waals surface area (Å²) in [5.41, 5.74) is 1.22. The zero-order chi connectivity index (χ0) is 24.3. The highest BCUT2D eigenvalue weighted by atomic mass is 19.4. The lowest BCUT2D eigenvalue weighted by Gasteiger charge is -2.13. The number of hydrogen-bond donors (Lipinski definition) is 2. The van der Waals surface area contributed by atoms with Crippen LogP contribution in [-0.4, -0.2) is 22.0 Å². The normalized spacial score (nSPS) is 11.1. The lowest BCUT2D eigenvalue weighted by atomic mass is 10.00. The van der Waals surface area contributed by atoms with E-state index in [2.05, 4.69) is 10.3 Å². The van der Waals surface area contributed by atoms with Crippen molar-refractivity contribution in [3.8, 4) is 22.3 Å². The summed E-state index contributed by atoms with van der Waals surface area (Å²) < 4.78 is 39.3. The van der Waals surface area contributed by atoms with E-state index in [9.17, 15) is 27.9 Å². The first-order chi connectivity index (χ1) is 16.2. The maximum Gasteiger partial charge on any atom is 0.416 e. The van der Waals surface area contributed by atoms with Gasteiger partial charge in [0, 0.05) is 18.0 Å². The number of carboxylic acid groups (broad SMARTS) is 1. The van der Waals surface area contributed by atoms with Gasteiger partial charge >= 0.3 is 12.1 Å². The molecule has 0 fully saturated rings. The second kappa shape index (κ2) is 9.19. The van der Waals surface area contributed by atoms with E-state index in [1.807, 2.05) is 30.3 Å². The number of carboxylic acids is 1. The fourth-order valence-electron chi connectivity index (χ4n) is 3.44. The van der Waals surface area contributed by atoms with Gasteiger partial charge in [0.2, 0.25) is 0 Å². The molecule has 1 heterocycles. The van der Waals surface area contributed by atoms with Crippen molar-refractivity contribution in [2.24, 2.45) is 0 Å². The summed E-state index contributed by atoms with van der Waals surface area (Å²) in [5.74, 6) is -1.89. The number of nitrogens with one attached hydrogen (secondary N) is 1. The molecule has 0 aliphatic carbocycles. The summed E-state index contributed by atoms with van der Waals surface area (Å²) in [4.78, 5) is 28.7. The van der Waals surface area contributed by atoms with Crippen molar-refractivity contribution in [3.05, 3.63) is 108 Å². The lowest BCUT2D eigenvalue weighted by Crippen LogP contribution is -2.15. The standard InChI is InChI=1S/C26H17F3N2O3/c27-26(28,29)21-8-4-7-17(12-21)18-9-10-22(25(33)34)23(13-18)31-24(32)20-11-19(14-30-15-20)16-5-2-1-3-6-16/h1-15H,(H,31,32)(H,33,34). The molecule has 170 valence electrons. The average Bonchev–Trinajstić information content (AvgIpc) is 2.84. The van der Waals surface area contributed by atoms with Gasteiger partial charge < -0.3 is 10.4 Å². The molecule has 0 aliphatic heterocycles. The van der Waals surface area contributed by atoms with Crippen LogP contribution >= 0.6 is 0 Å². The Balaban J connectivity index is 1.68. The van der Waals surface area contributed by atoms with Crippen LogP contribution in [0.2, 0.25) is 0 Å². The minimum atomic E-state index is -4.52. The molecule has 3 aromatic carbocycles. The second-order valence-electron chi connectivity index (χ2n) is 7.43. The van der Waals surface area contributed by atoms with Crippen LogP contribution in [0.5, 0.6) is 0 Å². The molecule has 1 amide bonds. The zero-order valence-corrected chi connectivity index (χ0v) is 17.5. The van der Waals surface area contributed by atoms with E-state index < -0.39 is 23.6 Å². The van der Waals surface area contributed by atoms with Crippen LogP contribution in [0.25, 0.3) is 22.3 Å². The second-order valence-corrected chi connectivity index (χ2v) is 7.43. The quantitative estimate of drug-likeness (QED) is 0.360. The molecule has 4 aromatic rings. The van der Waals surface area contributed by atoms with Crippen molar-refractivity contribution in [3.63, 3.8) is 0 Å². The summed E-state index contributed by atoms with van der Waals surface area (Å²) >= 11 is 0. The monoisotopic (exact) mass is 462 g/mol. The first-order valence-electron chi connectivity index (χ1n) is 10.1. The van der Waals surface area contributed by atoms with Crippen molar-refractivity contribution >= 4 is 17.6 Å². The van der Waals surface area contributed by atoms with Gasteiger partial charge in [-0.3, -0.25) is 9.78 Å². The molecular formula is C26H17F3N2O3. The van der Waals surface area contributed by atoms with Crippen LogP contribution < -0.4 is 5.32 Å². The highest BCUT2D eigenvalue weighted by molar-refractivity contribution is 6.08. The van der Waals surface area contributed by atoms with E-state index in [0.717, 1.165) is 17.7 Å². The average molecular weight is 462 g/mol. The van der Waals surface area contributed by atoms with Gasteiger partial charge in [-0.2, -0.15) is 13.2 Å². The number of aromatic carboxylic acids is 1. The largest absolute Gasteiger partial charge is 0.478 e. The van der Waals surface area contributed by atoms with Crippen LogP contribution in [0.4, 0.5) is 18.9 Å². The summed E-state index contributed by atoms with van der Waals surface area (Å²) in [6, 6.07) is 19.5. The maximum absolute atomic E-state index is 13.1. The molecule has 0 saturated heterocycles. The van der Waals surface area contributed by atoms with Crippen LogP contribution in [0, 0.1) is 0 Å². The van der Waals surface area contributed by atoms with Crippen molar-refractivity contribution in [1.29, 1.82) is 0 Å². The van der Waals surface area contributed by atoms with Crippen LogP contribution in [0.3, 0.4) is 0 Å². The third-order valence-corrected chi connectivity index (χ3v) is 5.13. The van der Waals surface area contributed by atoms with Gasteiger partial charge in [-0.25, -0.2) is 4.79 Å². The highest BCUT2D eigenvalue weighted by Gasteiger charge is 2.30. The predicted octanol–water partition coefficient (Wildman–Crippen LogP) is 6.38. The number of carbonyl (C=O) groups is 2. The third-order valence-electron chi connectivity index (χ3n) is 5.13. The number of amides is 1. The van der Waals surface area contributed by atoms with Crippen LogP contribution in [0.1, 0.15) is 26.3 Å². The van der Waals surface area contributed by atoms with Gasteiger partial charge in [-0.15, -0.1) is 0 Å². The molecule has 0 spiro atoms. The molecule has 34 heavy (non-hydrogen) atoms. The molecule has 0 saturated carbocycles. The van der Waals surface area contributed by atoms with Crippen molar-refractivity contribution in [2.75, 3.05) is 5.32 Å². The minimum absolute atomic E-state index is 0.0440. The number of aromatic nitrogens is 1. The van der Waals surface area contributed by atoms with Gasteiger partial charge in [0.1, 0.15) is 0 Å². The number of benzene rings is 3. The third kappa shape index (κ3) is 4.96. The Morgan fingerprint density at radius 1 is 0.765 bits per heavy atom. The number of carbonyl (C=O) groups excluding carboxylic acids is 1. The number of anilines is 1. The maximum atomic E-state index is 13.1. The molecule has 0 aliphatic rings. The van der Waals surface area contributed by atoms with E-state index in [0.29, 0.717) is 11.1 Å². The Labute approximate surface area is 192 Å². The Hall–Kier alpha value is -4.46. The molecule has 1 aromatic heterocycles. The first kappa shape index (κ1) is 22.7. The highest BCUT2D eigenvalue weighted by Crippen LogP contribution is 2.33. The topological polar surface area (TPSA) is 79.3 Å². The Kier molecular flexibility index (Phi) is 6.14. The van der Waals surface area contributed by atoms with Gasteiger partial charge in [-0.1, -0.05) is 48.5 Å². The van der Waals surface area contributed by atoms with E-state index >= 15 is 0 Å². The van der Waals surface area contributed by atoms with E-state index in [1.54, 1.807) is 12.3 Å². The predicted molar refractivity (Wildman–Crippen MR) is 121 cm³/mol. The fraction of sp³-hybridized carbons (Fsp3) is 0.0385. The lowest BCUT2D eigenvalue weighted by molar-refractivity contribution is -0.137. The number of rotatable bonds is 5. The molecule has 0 unspecified atom stereocenters. The van der Waals surface area contributed by atoms with Crippen LogP contribution in [-0.2, 0) is 6.18 Å². The van der Waals surface area contributed by atoms with Crippen LogP contribution in [0.15, 0.2) is 91.3 Å². The van der Waals surface area contributed by atoms with Gasteiger partial charge in [0.25, 0.3) is 5.91 Å². The Morgan fingerprint density at radius 3 is 2.18 bits per heavy atom. The van der Waals surface area contributed by atoms with Gasteiger partial charge in [0.05, 0.1) is 22.4 Å². The first-order valence-corrected chi connectivity index (χ1v) is 10.1. The summed E-state index contributed by atoms with van der Waals surface area (Å²) in [7, 11) is 0. The number of nitrogens with zero attached hydrogens (tertiary/aromatic N) is 1. The van der Waals surface area contributed by atoms with Gasteiger partial charge in [-0.05, 0) is 47.0 Å². The molecule has 2 N–H and O–H groups in total. The minimum Gasteiger partial charge on any atom is -0.478 e. The molecule has 0 atom stereocenters. The van der Waals surface area contributed by atoms with E-state index in [4.69, 9.17) is 0 Å². The van der Waals surface area contributed by atoms with Crippen molar-refractivity contribution < 1.29 is 27.9 Å². The molecule has 0 radical (unpaired) electrons. The summed E-state index contributed by atoms with van der Waals surface area (Å²) in [6.07, 6.45) is -1.58. The number of pyridine rings is 1. The molecular weight excluding hydrogens is 445 g/mol. The number of halogens is 3. The molecule has 4 rings (SSSR count). The SMILES string of the molecule is O=C(Nc1cc(-c2cccc(C(F)(F)F)c2)ccc1C(=O)O)c1cncc(-c2ccccc2)c1. The van der Waals surface area contributed by atoms with E-state index in [-0.39, 0.29) is 22.4 Å². The van der Waals surface area contributed by atoms with Crippen molar-refractivity contribution in [1.82, 2.24) is 4.98 Å². The smallest absolute Gasteiger partial charge is 0.416 e. The van der Waals surface area contributed by atoms with Gasteiger partial charge in [0.15, 0.2) is 0 Å².